The van der Waals surface area contributed by atoms with Gasteiger partial charge in [0.15, 0.2) is 0 Å². The molecule has 1 N–H and O–H groups in total. The van der Waals surface area contributed by atoms with Crippen molar-refractivity contribution in [2.24, 2.45) is 0 Å². The molecule has 1 unspecified atom stereocenters. The number of ketones is 1. The molecule has 0 aliphatic carbocycles. The van der Waals surface area contributed by atoms with E-state index in [1.165, 1.54) is 0 Å². The summed E-state index contributed by atoms with van der Waals surface area (Å²) in [5.41, 5.74) is 3.52. The van der Waals surface area contributed by atoms with Crippen LogP contribution in [0.1, 0.15) is 61.9 Å². The van der Waals surface area contributed by atoms with E-state index in [1.54, 1.807) is 11.0 Å². The Morgan fingerprint density at radius 2 is 1.84 bits per heavy atom. The molecule has 0 spiro atoms. The van der Waals surface area contributed by atoms with Crippen LogP contribution in [-0.4, -0.2) is 34.3 Å². The average molecular weight is 422 g/mol. The number of aryl methyl sites for hydroxylation is 2. The Morgan fingerprint density at radius 1 is 1.10 bits per heavy atom. The Hall–Kier alpha value is -3.08. The normalized spacial score (nSPS) is 18.1. The number of aliphatic hydroxyl groups excluding tert-OH is 1. The number of hydrogen-bond acceptors (Lipinski definition) is 4. The molecule has 5 heteroatoms. The first-order chi connectivity index (χ1) is 14.7. The van der Waals surface area contributed by atoms with Crippen molar-refractivity contribution < 1.29 is 19.4 Å². The number of carbonyl (C=O) groups is 2. The molecule has 5 nitrogen and oxygen atoms in total. The number of benzene rings is 2. The molecule has 1 atom stereocenters. The van der Waals surface area contributed by atoms with Crippen molar-refractivity contribution in [1.82, 2.24) is 4.90 Å². The fourth-order valence-electron chi connectivity index (χ4n) is 3.86. The zero-order valence-electron chi connectivity index (χ0n) is 18.9. The van der Waals surface area contributed by atoms with Crippen molar-refractivity contribution in [3.63, 3.8) is 0 Å². The number of carbonyl (C=O) groups excluding carboxylic acids is 2. The van der Waals surface area contributed by atoms with Gasteiger partial charge in [0, 0.05) is 12.1 Å². The van der Waals surface area contributed by atoms with E-state index < -0.39 is 17.7 Å². The number of aliphatic hydroxyl groups is 1. The quantitative estimate of drug-likeness (QED) is 0.374. The summed E-state index contributed by atoms with van der Waals surface area (Å²) >= 11 is 0. The molecule has 2 aromatic rings. The van der Waals surface area contributed by atoms with Crippen molar-refractivity contribution in [2.75, 3.05) is 6.54 Å². The summed E-state index contributed by atoms with van der Waals surface area (Å²) in [7, 11) is 0. The molecule has 0 bridgehead atoms. The predicted molar refractivity (Wildman–Crippen MR) is 122 cm³/mol. The molecule has 1 aliphatic rings. The van der Waals surface area contributed by atoms with Crippen LogP contribution in [0.4, 0.5) is 0 Å². The molecule has 1 heterocycles. The Bertz CT molecular complexity index is 1020. The molecule has 1 aliphatic heterocycles. The zero-order chi connectivity index (χ0) is 22.7. The minimum Gasteiger partial charge on any atom is -0.507 e. The molecule has 2 aromatic carbocycles. The molecular weight excluding hydrogens is 390 g/mol. The number of Topliss-reactive ketones (excluding diaryl/α,β-unsaturated/α-hetero) is 1. The molecule has 0 saturated carbocycles. The van der Waals surface area contributed by atoms with Crippen molar-refractivity contribution in [3.05, 3.63) is 70.3 Å². The first kappa shape index (κ1) is 22.6. The lowest BCUT2D eigenvalue weighted by molar-refractivity contribution is -0.139. The van der Waals surface area contributed by atoms with Crippen LogP contribution in [0, 0.1) is 13.8 Å². The summed E-state index contributed by atoms with van der Waals surface area (Å²) in [5, 5.41) is 11.2. The van der Waals surface area contributed by atoms with E-state index in [-0.39, 0.29) is 17.4 Å². The van der Waals surface area contributed by atoms with Gasteiger partial charge < -0.3 is 14.7 Å². The van der Waals surface area contributed by atoms with Gasteiger partial charge in [-0.15, -0.1) is 0 Å². The van der Waals surface area contributed by atoms with Crippen molar-refractivity contribution in [2.45, 2.75) is 59.6 Å². The van der Waals surface area contributed by atoms with E-state index in [4.69, 9.17) is 4.74 Å². The summed E-state index contributed by atoms with van der Waals surface area (Å²) in [4.78, 5) is 27.6. The zero-order valence-corrected chi connectivity index (χ0v) is 18.9. The number of amides is 1. The highest BCUT2D eigenvalue weighted by molar-refractivity contribution is 6.46. The maximum absolute atomic E-state index is 13.1. The van der Waals surface area contributed by atoms with Crippen molar-refractivity contribution >= 4 is 17.4 Å². The monoisotopic (exact) mass is 421 g/mol. The first-order valence-electron chi connectivity index (χ1n) is 10.9. The van der Waals surface area contributed by atoms with E-state index in [0.717, 1.165) is 29.5 Å². The van der Waals surface area contributed by atoms with Crippen LogP contribution in [0.15, 0.2) is 48.0 Å². The molecule has 1 amide bonds. The molecule has 3 rings (SSSR count). The average Bonchev–Trinajstić information content (AvgIpc) is 2.98. The lowest BCUT2D eigenvalue weighted by Gasteiger charge is -2.25. The number of ether oxygens (including phenoxy) is 1. The van der Waals surface area contributed by atoms with Gasteiger partial charge in [0.2, 0.25) is 0 Å². The van der Waals surface area contributed by atoms with E-state index >= 15 is 0 Å². The fourth-order valence-corrected chi connectivity index (χ4v) is 3.86. The molecular formula is C26H31NO4. The SMILES string of the molecule is CCCCN1C(=O)C(=O)/C(=C(\O)c2ccc(C)c(C)c2)C1c1cccc(OC(C)C)c1. The van der Waals surface area contributed by atoms with Gasteiger partial charge >= 0.3 is 0 Å². The summed E-state index contributed by atoms with van der Waals surface area (Å²) in [5.74, 6) is -0.689. The second-order valence-corrected chi connectivity index (χ2v) is 8.38. The number of rotatable bonds is 7. The molecule has 1 fully saturated rings. The highest BCUT2D eigenvalue weighted by atomic mass is 16.5. The number of likely N-dealkylation sites (tertiary alicyclic amines) is 1. The van der Waals surface area contributed by atoms with Gasteiger partial charge in [-0.2, -0.15) is 0 Å². The third-order valence-corrected chi connectivity index (χ3v) is 5.62. The minimum atomic E-state index is -0.649. The molecule has 0 aromatic heterocycles. The number of unbranched alkanes of at least 4 members (excludes halogenated alkanes) is 1. The second kappa shape index (κ2) is 9.38. The van der Waals surface area contributed by atoms with Crippen LogP contribution in [0.25, 0.3) is 5.76 Å². The van der Waals surface area contributed by atoms with Crippen LogP contribution in [0.3, 0.4) is 0 Å². The summed E-state index contributed by atoms with van der Waals surface area (Å²) in [6, 6.07) is 12.3. The van der Waals surface area contributed by atoms with Gasteiger partial charge in [-0.1, -0.05) is 37.6 Å². The Morgan fingerprint density at radius 3 is 2.48 bits per heavy atom. The Labute approximate surface area is 184 Å². The van der Waals surface area contributed by atoms with Crippen molar-refractivity contribution in [3.8, 4) is 5.75 Å². The Kier molecular flexibility index (Phi) is 6.84. The third kappa shape index (κ3) is 4.66. The van der Waals surface area contributed by atoms with Crippen LogP contribution >= 0.6 is 0 Å². The predicted octanol–water partition coefficient (Wildman–Crippen LogP) is 5.31. The largest absolute Gasteiger partial charge is 0.507 e. The van der Waals surface area contributed by atoms with Gasteiger partial charge in [0.1, 0.15) is 11.5 Å². The molecule has 31 heavy (non-hydrogen) atoms. The van der Waals surface area contributed by atoms with E-state index in [9.17, 15) is 14.7 Å². The summed E-state index contributed by atoms with van der Waals surface area (Å²) in [6.07, 6.45) is 1.66. The maximum atomic E-state index is 13.1. The van der Waals surface area contributed by atoms with Crippen LogP contribution in [0.2, 0.25) is 0 Å². The van der Waals surface area contributed by atoms with Gasteiger partial charge in [-0.05, 0) is 69.0 Å². The topological polar surface area (TPSA) is 66.8 Å². The lowest BCUT2D eigenvalue weighted by atomic mass is 9.94. The highest BCUT2D eigenvalue weighted by Gasteiger charge is 2.45. The third-order valence-electron chi connectivity index (χ3n) is 5.62. The van der Waals surface area contributed by atoms with Gasteiger partial charge in [-0.3, -0.25) is 9.59 Å². The first-order valence-corrected chi connectivity index (χ1v) is 10.9. The molecule has 1 saturated heterocycles. The van der Waals surface area contributed by atoms with Gasteiger partial charge in [0.05, 0.1) is 17.7 Å². The molecule has 164 valence electrons. The summed E-state index contributed by atoms with van der Waals surface area (Å²) < 4.78 is 5.83. The smallest absolute Gasteiger partial charge is 0.295 e. The standard InChI is InChI=1S/C26H31NO4/c1-6-7-13-27-23(19-9-8-10-21(15-19)31-16(2)3)22(25(29)26(27)30)24(28)20-12-11-17(4)18(5)14-20/h8-12,14-16,23,28H,6-7,13H2,1-5H3/b24-22-. The summed E-state index contributed by atoms with van der Waals surface area (Å²) in [6.45, 7) is 10.3. The molecule has 0 radical (unpaired) electrons. The Balaban J connectivity index is 2.16. The van der Waals surface area contributed by atoms with E-state index in [2.05, 4.69) is 0 Å². The maximum Gasteiger partial charge on any atom is 0.295 e. The lowest BCUT2D eigenvalue weighted by Crippen LogP contribution is -2.30. The number of hydrogen-bond donors (Lipinski definition) is 1. The number of nitrogens with zero attached hydrogens (tertiary/aromatic N) is 1. The van der Waals surface area contributed by atoms with Crippen LogP contribution in [0.5, 0.6) is 5.75 Å². The van der Waals surface area contributed by atoms with Crippen molar-refractivity contribution in [1.29, 1.82) is 0 Å². The minimum absolute atomic E-state index is 0.00256. The van der Waals surface area contributed by atoms with E-state index in [1.807, 2.05) is 71.0 Å². The van der Waals surface area contributed by atoms with Gasteiger partial charge in [-0.25, -0.2) is 0 Å². The second-order valence-electron chi connectivity index (χ2n) is 8.38. The van der Waals surface area contributed by atoms with Crippen LogP contribution in [-0.2, 0) is 9.59 Å². The highest BCUT2D eigenvalue weighted by Crippen LogP contribution is 2.40. The van der Waals surface area contributed by atoms with Gasteiger partial charge in [0.25, 0.3) is 11.7 Å². The fraction of sp³-hybridized carbons (Fsp3) is 0.385. The van der Waals surface area contributed by atoms with E-state index in [0.29, 0.717) is 17.9 Å². The van der Waals surface area contributed by atoms with Crippen LogP contribution < -0.4 is 4.74 Å².